The van der Waals surface area contributed by atoms with Crippen LogP contribution in [0.5, 0.6) is 0 Å². The van der Waals surface area contributed by atoms with Crippen molar-refractivity contribution in [3.8, 4) is 0 Å². The van der Waals surface area contributed by atoms with Crippen LogP contribution >= 0.6 is 11.3 Å². The number of carbonyl (C=O) groups is 1. The maximum absolute atomic E-state index is 12.2. The highest BCUT2D eigenvalue weighted by molar-refractivity contribution is 7.11. The van der Waals surface area contributed by atoms with E-state index in [4.69, 9.17) is 0 Å². The van der Waals surface area contributed by atoms with Gasteiger partial charge in [0.05, 0.1) is 5.01 Å². The number of rotatable bonds is 2. The Morgan fingerprint density at radius 2 is 2.25 bits per heavy atom. The molecular weight excluding hydrogens is 222 g/mol. The summed E-state index contributed by atoms with van der Waals surface area (Å²) in [6, 6.07) is 0. The lowest BCUT2D eigenvalue weighted by Crippen LogP contribution is -2.15. The van der Waals surface area contributed by atoms with Crippen molar-refractivity contribution in [1.29, 1.82) is 0 Å². The summed E-state index contributed by atoms with van der Waals surface area (Å²) in [5.41, 5.74) is 0.537. The van der Waals surface area contributed by atoms with Crippen molar-refractivity contribution in [1.82, 2.24) is 14.5 Å². The molecule has 0 aromatic carbocycles. The molecule has 2 rings (SSSR count). The Balaban J connectivity index is 2.43. The predicted octanol–water partition coefficient (Wildman–Crippen LogP) is 2.21. The van der Waals surface area contributed by atoms with Gasteiger partial charge in [-0.15, -0.1) is 11.3 Å². The minimum Gasteiger partial charge on any atom is -0.268 e. The minimum absolute atomic E-state index is 0.0869. The third kappa shape index (κ3) is 1.78. The molecule has 4 nitrogen and oxygen atoms in total. The molecule has 0 bridgehead atoms. The summed E-state index contributed by atoms with van der Waals surface area (Å²) in [5.74, 6) is 0.686. The van der Waals surface area contributed by atoms with E-state index in [0.29, 0.717) is 5.69 Å². The summed E-state index contributed by atoms with van der Waals surface area (Å²) in [7, 11) is 0. The Morgan fingerprint density at radius 1 is 1.50 bits per heavy atom. The highest BCUT2D eigenvalue weighted by Gasteiger charge is 2.17. The Bertz CT molecular complexity index is 527. The molecule has 0 atom stereocenters. The van der Waals surface area contributed by atoms with Crippen LogP contribution in [-0.4, -0.2) is 20.4 Å². The number of aromatic nitrogens is 3. The molecule has 0 radical (unpaired) electrons. The number of aryl methyl sites for hydroxylation is 3. The SMILES string of the molecule is CCc1nccn1C(=O)c1nc(C)sc1C. The zero-order valence-electron chi connectivity index (χ0n) is 9.52. The lowest BCUT2D eigenvalue weighted by molar-refractivity contribution is 0.0951. The van der Waals surface area contributed by atoms with E-state index in [0.717, 1.165) is 22.1 Å². The van der Waals surface area contributed by atoms with Crippen molar-refractivity contribution < 1.29 is 4.79 Å². The van der Waals surface area contributed by atoms with E-state index >= 15 is 0 Å². The third-order valence-corrected chi connectivity index (χ3v) is 3.24. The molecule has 0 saturated heterocycles. The van der Waals surface area contributed by atoms with Crippen LogP contribution in [0.15, 0.2) is 12.4 Å². The minimum atomic E-state index is -0.0869. The summed E-state index contributed by atoms with van der Waals surface area (Å²) < 4.78 is 1.57. The summed E-state index contributed by atoms with van der Waals surface area (Å²) >= 11 is 1.54. The van der Waals surface area contributed by atoms with E-state index in [1.807, 2.05) is 20.8 Å². The van der Waals surface area contributed by atoms with Crippen LogP contribution in [0.4, 0.5) is 0 Å². The van der Waals surface area contributed by atoms with E-state index in [1.54, 1.807) is 28.3 Å². The highest BCUT2D eigenvalue weighted by atomic mass is 32.1. The normalized spacial score (nSPS) is 10.7. The van der Waals surface area contributed by atoms with Gasteiger partial charge in [-0.1, -0.05) is 6.92 Å². The molecule has 0 saturated carbocycles. The maximum atomic E-state index is 12.2. The second kappa shape index (κ2) is 4.17. The molecule has 2 aromatic rings. The first-order valence-electron chi connectivity index (χ1n) is 5.14. The summed E-state index contributed by atoms with van der Waals surface area (Å²) in [6.07, 6.45) is 4.07. The molecule has 16 heavy (non-hydrogen) atoms. The molecule has 2 aromatic heterocycles. The molecule has 84 valence electrons. The van der Waals surface area contributed by atoms with Crippen LogP contribution in [0.1, 0.15) is 33.1 Å². The van der Waals surface area contributed by atoms with Gasteiger partial charge in [-0.3, -0.25) is 9.36 Å². The fraction of sp³-hybridized carbons (Fsp3) is 0.364. The van der Waals surface area contributed by atoms with E-state index < -0.39 is 0 Å². The van der Waals surface area contributed by atoms with Gasteiger partial charge in [-0.25, -0.2) is 9.97 Å². The maximum Gasteiger partial charge on any atom is 0.283 e. The van der Waals surface area contributed by atoms with Gasteiger partial charge >= 0.3 is 0 Å². The molecule has 2 heterocycles. The van der Waals surface area contributed by atoms with Crippen LogP contribution < -0.4 is 0 Å². The van der Waals surface area contributed by atoms with E-state index in [-0.39, 0.29) is 5.91 Å². The fourth-order valence-electron chi connectivity index (χ4n) is 1.62. The van der Waals surface area contributed by atoms with Crippen molar-refractivity contribution in [2.75, 3.05) is 0 Å². The number of nitrogens with zero attached hydrogens (tertiary/aromatic N) is 3. The van der Waals surface area contributed by atoms with Crippen molar-refractivity contribution in [3.05, 3.63) is 33.8 Å². The zero-order valence-corrected chi connectivity index (χ0v) is 10.3. The van der Waals surface area contributed by atoms with Crippen molar-refractivity contribution in [3.63, 3.8) is 0 Å². The van der Waals surface area contributed by atoms with Gasteiger partial charge in [-0.05, 0) is 13.8 Å². The number of thiazole rings is 1. The Labute approximate surface area is 98.0 Å². The van der Waals surface area contributed by atoms with E-state index in [2.05, 4.69) is 9.97 Å². The zero-order chi connectivity index (χ0) is 11.7. The second-order valence-corrected chi connectivity index (χ2v) is 4.92. The molecule has 0 aliphatic carbocycles. The number of hydrogen-bond acceptors (Lipinski definition) is 4. The van der Waals surface area contributed by atoms with Gasteiger partial charge in [-0.2, -0.15) is 0 Å². The lowest BCUT2D eigenvalue weighted by atomic mass is 10.3. The topological polar surface area (TPSA) is 47.8 Å². The third-order valence-electron chi connectivity index (χ3n) is 2.36. The first kappa shape index (κ1) is 11.0. The smallest absolute Gasteiger partial charge is 0.268 e. The quantitative estimate of drug-likeness (QED) is 0.801. The monoisotopic (exact) mass is 235 g/mol. The second-order valence-electron chi connectivity index (χ2n) is 3.51. The molecule has 0 amide bonds. The standard InChI is InChI=1S/C11H13N3OS/c1-4-9-12-5-6-14(9)11(15)10-7(2)16-8(3)13-10/h5-6H,4H2,1-3H3. The Morgan fingerprint density at radius 3 is 2.81 bits per heavy atom. The average Bonchev–Trinajstić information content (AvgIpc) is 2.83. The van der Waals surface area contributed by atoms with Crippen LogP contribution in [0, 0.1) is 13.8 Å². The average molecular weight is 235 g/mol. The highest BCUT2D eigenvalue weighted by Crippen LogP contribution is 2.18. The van der Waals surface area contributed by atoms with E-state index in [1.165, 1.54) is 0 Å². The van der Waals surface area contributed by atoms with Gasteiger partial charge in [0.1, 0.15) is 11.5 Å². The van der Waals surface area contributed by atoms with Gasteiger partial charge < -0.3 is 0 Å². The number of hydrogen-bond donors (Lipinski definition) is 0. The van der Waals surface area contributed by atoms with Gasteiger partial charge in [0.25, 0.3) is 5.91 Å². The summed E-state index contributed by atoms with van der Waals surface area (Å²) in [5, 5.41) is 0.916. The summed E-state index contributed by atoms with van der Waals surface area (Å²) in [4.78, 5) is 21.5. The van der Waals surface area contributed by atoms with Crippen molar-refractivity contribution in [2.24, 2.45) is 0 Å². The Kier molecular flexibility index (Phi) is 2.87. The van der Waals surface area contributed by atoms with E-state index in [9.17, 15) is 4.79 Å². The largest absolute Gasteiger partial charge is 0.283 e. The fourth-order valence-corrected chi connectivity index (χ4v) is 2.43. The van der Waals surface area contributed by atoms with Gasteiger partial charge in [0.2, 0.25) is 0 Å². The van der Waals surface area contributed by atoms with Gasteiger partial charge in [0.15, 0.2) is 0 Å². The lowest BCUT2D eigenvalue weighted by Gasteiger charge is -2.02. The van der Waals surface area contributed by atoms with Crippen LogP contribution in [0.3, 0.4) is 0 Å². The predicted molar refractivity (Wildman–Crippen MR) is 62.9 cm³/mol. The number of carbonyl (C=O) groups excluding carboxylic acids is 1. The molecule has 0 aliphatic heterocycles. The Hall–Kier alpha value is -1.49. The molecule has 0 spiro atoms. The van der Waals surface area contributed by atoms with Crippen LogP contribution in [0.25, 0.3) is 0 Å². The number of imidazole rings is 1. The van der Waals surface area contributed by atoms with Crippen LogP contribution in [0.2, 0.25) is 0 Å². The van der Waals surface area contributed by atoms with Crippen molar-refractivity contribution in [2.45, 2.75) is 27.2 Å². The first-order valence-corrected chi connectivity index (χ1v) is 5.96. The molecule has 5 heteroatoms. The molecular formula is C11H13N3OS. The molecule has 0 unspecified atom stereocenters. The first-order chi connectivity index (χ1) is 7.63. The van der Waals surface area contributed by atoms with Gasteiger partial charge in [0, 0.05) is 23.7 Å². The summed E-state index contributed by atoms with van der Waals surface area (Å²) in [6.45, 7) is 5.80. The van der Waals surface area contributed by atoms with Crippen molar-refractivity contribution >= 4 is 17.2 Å². The molecule has 0 fully saturated rings. The molecule has 0 N–H and O–H groups in total. The molecule has 0 aliphatic rings. The van der Waals surface area contributed by atoms with Crippen LogP contribution in [-0.2, 0) is 6.42 Å².